The zero-order chi connectivity index (χ0) is 15.6. The molecule has 1 aromatic carbocycles. The highest BCUT2D eigenvalue weighted by Crippen LogP contribution is 2.20. The summed E-state index contributed by atoms with van der Waals surface area (Å²) >= 11 is 6.05. The number of carbonyl (C=O) groups is 1. The van der Waals surface area contributed by atoms with E-state index >= 15 is 0 Å². The van der Waals surface area contributed by atoms with Crippen LogP contribution in [0.2, 0.25) is 5.02 Å². The number of hydrogen-bond donors (Lipinski definition) is 1. The topological polar surface area (TPSA) is 54.9 Å². The highest BCUT2D eigenvalue weighted by molar-refractivity contribution is 6.33. The summed E-state index contributed by atoms with van der Waals surface area (Å²) in [5.41, 5.74) is 3.04. The fourth-order valence-corrected chi connectivity index (χ4v) is 2.05. The van der Waals surface area contributed by atoms with E-state index in [1.807, 2.05) is 45.9 Å². The first kappa shape index (κ1) is 15.4. The van der Waals surface area contributed by atoms with Crippen molar-refractivity contribution in [3.05, 3.63) is 52.1 Å². The van der Waals surface area contributed by atoms with Crippen molar-refractivity contribution in [3.8, 4) is 0 Å². The first-order valence-electron chi connectivity index (χ1n) is 6.79. The van der Waals surface area contributed by atoms with E-state index in [9.17, 15) is 4.79 Å². The Balaban J connectivity index is 2.32. The molecule has 0 saturated carbocycles. The van der Waals surface area contributed by atoms with Crippen LogP contribution in [0.1, 0.15) is 47.2 Å². The van der Waals surface area contributed by atoms with Crippen LogP contribution in [-0.2, 0) is 0 Å². The Morgan fingerprint density at radius 3 is 2.67 bits per heavy atom. The van der Waals surface area contributed by atoms with Gasteiger partial charge in [-0.15, -0.1) is 0 Å². The molecular weight excluding hydrogens is 286 g/mol. The highest BCUT2D eigenvalue weighted by atomic mass is 35.5. The molecule has 0 aliphatic heterocycles. The van der Waals surface area contributed by atoms with Crippen molar-refractivity contribution in [3.63, 3.8) is 0 Å². The van der Waals surface area contributed by atoms with E-state index in [0.29, 0.717) is 5.82 Å². The van der Waals surface area contributed by atoms with Crippen LogP contribution >= 0.6 is 11.6 Å². The number of nitrogens with one attached hydrogen (secondary N) is 1. The van der Waals surface area contributed by atoms with E-state index in [1.54, 1.807) is 0 Å². The fraction of sp³-hybridized carbons (Fsp3) is 0.312. The third kappa shape index (κ3) is 3.58. The van der Waals surface area contributed by atoms with Gasteiger partial charge in [0.05, 0.1) is 11.2 Å². The summed E-state index contributed by atoms with van der Waals surface area (Å²) in [6, 6.07) is 5.89. The highest BCUT2D eigenvalue weighted by Gasteiger charge is 2.16. The van der Waals surface area contributed by atoms with E-state index in [2.05, 4.69) is 15.3 Å². The lowest BCUT2D eigenvalue weighted by Gasteiger charge is -2.11. The molecule has 0 radical (unpaired) electrons. The molecule has 0 spiro atoms. The molecule has 2 aromatic rings. The third-order valence-corrected chi connectivity index (χ3v) is 3.41. The molecule has 1 heterocycles. The van der Waals surface area contributed by atoms with Gasteiger partial charge in [0, 0.05) is 11.6 Å². The Morgan fingerprint density at radius 2 is 2.00 bits per heavy atom. The van der Waals surface area contributed by atoms with Gasteiger partial charge in [0.25, 0.3) is 5.91 Å². The summed E-state index contributed by atoms with van der Waals surface area (Å²) in [4.78, 5) is 20.8. The third-order valence-electron chi connectivity index (χ3n) is 3.14. The fourth-order valence-electron chi connectivity index (χ4n) is 1.87. The molecule has 1 aromatic heterocycles. The van der Waals surface area contributed by atoms with Crippen molar-refractivity contribution in [1.29, 1.82) is 0 Å². The summed E-state index contributed by atoms with van der Waals surface area (Å²) < 4.78 is 0. The van der Waals surface area contributed by atoms with Crippen LogP contribution < -0.4 is 5.32 Å². The van der Waals surface area contributed by atoms with Gasteiger partial charge >= 0.3 is 0 Å². The summed E-state index contributed by atoms with van der Waals surface area (Å²) in [6.45, 7) is 7.85. The zero-order valence-corrected chi connectivity index (χ0v) is 13.3. The van der Waals surface area contributed by atoms with Crippen LogP contribution in [0.15, 0.2) is 24.4 Å². The minimum Gasteiger partial charge on any atom is -0.320 e. The molecular formula is C16H18ClN3O. The first-order valence-corrected chi connectivity index (χ1v) is 7.17. The monoisotopic (exact) mass is 303 g/mol. The van der Waals surface area contributed by atoms with Crippen molar-refractivity contribution in [2.45, 2.75) is 33.6 Å². The molecule has 0 aliphatic rings. The minimum absolute atomic E-state index is 0.134. The van der Waals surface area contributed by atoms with Crippen LogP contribution in [-0.4, -0.2) is 15.9 Å². The Morgan fingerprint density at radius 1 is 1.29 bits per heavy atom. The van der Waals surface area contributed by atoms with E-state index in [-0.39, 0.29) is 22.5 Å². The van der Waals surface area contributed by atoms with Crippen molar-refractivity contribution in [2.24, 2.45) is 0 Å². The standard InChI is InChI=1S/C16H18ClN3O/c1-9(2)15-18-8-12(17)14(20-15)16(21)19-13-7-10(3)5-6-11(13)4/h5-9H,1-4H3,(H,19,21). The molecule has 0 unspecified atom stereocenters. The average Bonchev–Trinajstić information content (AvgIpc) is 2.43. The minimum atomic E-state index is -0.321. The molecule has 1 N–H and O–H groups in total. The molecule has 0 bridgehead atoms. The van der Waals surface area contributed by atoms with Crippen molar-refractivity contribution < 1.29 is 4.79 Å². The van der Waals surface area contributed by atoms with E-state index < -0.39 is 0 Å². The molecule has 4 nitrogen and oxygen atoms in total. The van der Waals surface area contributed by atoms with Gasteiger partial charge in [-0.25, -0.2) is 9.97 Å². The number of halogens is 1. The smallest absolute Gasteiger partial charge is 0.275 e. The van der Waals surface area contributed by atoms with Crippen molar-refractivity contribution in [2.75, 3.05) is 5.32 Å². The Bertz CT molecular complexity index is 683. The molecule has 0 saturated heterocycles. The number of hydrogen-bond acceptors (Lipinski definition) is 3. The Hall–Kier alpha value is -1.94. The Kier molecular flexibility index (Phi) is 4.58. The quantitative estimate of drug-likeness (QED) is 0.928. The van der Waals surface area contributed by atoms with Gasteiger partial charge in [0.1, 0.15) is 5.82 Å². The maximum absolute atomic E-state index is 12.4. The van der Waals surface area contributed by atoms with Gasteiger partial charge in [-0.3, -0.25) is 4.79 Å². The number of nitrogens with zero attached hydrogens (tertiary/aromatic N) is 2. The van der Waals surface area contributed by atoms with Crippen LogP contribution in [0.25, 0.3) is 0 Å². The molecule has 0 fully saturated rings. The van der Waals surface area contributed by atoms with Crippen LogP contribution in [0.5, 0.6) is 0 Å². The van der Waals surface area contributed by atoms with Gasteiger partial charge < -0.3 is 5.32 Å². The molecule has 0 atom stereocenters. The van der Waals surface area contributed by atoms with Gasteiger partial charge in [-0.1, -0.05) is 37.6 Å². The number of aromatic nitrogens is 2. The molecule has 110 valence electrons. The molecule has 5 heteroatoms. The lowest BCUT2D eigenvalue weighted by Crippen LogP contribution is -2.17. The molecule has 2 rings (SSSR count). The molecule has 1 amide bonds. The average molecular weight is 304 g/mol. The number of anilines is 1. The van der Waals surface area contributed by atoms with Crippen LogP contribution in [0.4, 0.5) is 5.69 Å². The predicted molar refractivity (Wildman–Crippen MR) is 85.0 cm³/mol. The van der Waals surface area contributed by atoms with Crippen molar-refractivity contribution in [1.82, 2.24) is 9.97 Å². The molecule has 21 heavy (non-hydrogen) atoms. The maximum atomic E-state index is 12.4. The second-order valence-electron chi connectivity index (χ2n) is 5.35. The van der Waals surface area contributed by atoms with Crippen LogP contribution in [0, 0.1) is 13.8 Å². The van der Waals surface area contributed by atoms with Gasteiger partial charge in [0.15, 0.2) is 5.69 Å². The number of aryl methyl sites for hydroxylation is 2. The second-order valence-corrected chi connectivity index (χ2v) is 5.76. The normalized spacial score (nSPS) is 10.8. The number of amides is 1. The number of benzene rings is 1. The predicted octanol–water partition coefficient (Wildman–Crippen LogP) is 4.12. The lowest BCUT2D eigenvalue weighted by molar-refractivity contribution is 0.102. The lowest BCUT2D eigenvalue weighted by atomic mass is 10.1. The summed E-state index contributed by atoms with van der Waals surface area (Å²) in [5, 5.41) is 3.11. The van der Waals surface area contributed by atoms with Gasteiger partial charge in [0.2, 0.25) is 0 Å². The van der Waals surface area contributed by atoms with E-state index in [4.69, 9.17) is 11.6 Å². The zero-order valence-electron chi connectivity index (χ0n) is 12.6. The number of rotatable bonds is 3. The summed E-state index contributed by atoms with van der Waals surface area (Å²) in [7, 11) is 0. The summed E-state index contributed by atoms with van der Waals surface area (Å²) in [6.07, 6.45) is 1.47. The summed E-state index contributed by atoms with van der Waals surface area (Å²) in [5.74, 6) is 0.415. The van der Waals surface area contributed by atoms with Crippen LogP contribution in [0.3, 0.4) is 0 Å². The van der Waals surface area contributed by atoms with Crippen molar-refractivity contribution >= 4 is 23.2 Å². The maximum Gasteiger partial charge on any atom is 0.275 e. The van der Waals surface area contributed by atoms with E-state index in [1.165, 1.54) is 6.20 Å². The van der Waals surface area contributed by atoms with Gasteiger partial charge in [-0.05, 0) is 31.0 Å². The SMILES string of the molecule is Cc1ccc(C)c(NC(=O)c2nc(C(C)C)ncc2Cl)c1. The number of carbonyl (C=O) groups excluding carboxylic acids is 1. The van der Waals surface area contributed by atoms with Gasteiger partial charge in [-0.2, -0.15) is 0 Å². The largest absolute Gasteiger partial charge is 0.320 e. The Labute approximate surface area is 129 Å². The van der Waals surface area contributed by atoms with E-state index in [0.717, 1.165) is 16.8 Å². The molecule has 0 aliphatic carbocycles. The second kappa shape index (κ2) is 6.22. The first-order chi connectivity index (χ1) is 9.88.